The summed E-state index contributed by atoms with van der Waals surface area (Å²) in [7, 11) is 0. The summed E-state index contributed by atoms with van der Waals surface area (Å²) < 4.78 is 25.3. The molecule has 0 atom stereocenters. The normalized spacial score (nSPS) is 9.55. The van der Waals surface area contributed by atoms with Gasteiger partial charge in [-0.15, -0.1) is 0 Å². The zero-order valence-corrected chi connectivity index (χ0v) is 37.6. The van der Waals surface area contributed by atoms with Crippen LogP contribution in [0.3, 0.4) is 0 Å². The smallest absolute Gasteiger partial charge is 0 e. The Morgan fingerprint density at radius 1 is 0.341 bits per heavy atom. The summed E-state index contributed by atoms with van der Waals surface area (Å²) in [5.41, 5.74) is 0. The summed E-state index contributed by atoms with van der Waals surface area (Å²) in [5, 5.41) is 0. The fraction of sp³-hybridized carbons (Fsp3) is 0.914. The van der Waals surface area contributed by atoms with Crippen molar-refractivity contribution in [2.75, 3.05) is 52.4 Å². The van der Waals surface area contributed by atoms with E-state index in [1.807, 2.05) is 0 Å². The number of nitrogens with zero attached hydrogens (tertiary/aromatic N) is 2. The summed E-state index contributed by atoms with van der Waals surface area (Å²) in [5.74, 6) is 0. The summed E-state index contributed by atoms with van der Waals surface area (Å²) in [6.45, 7) is 43.5. The zero-order chi connectivity index (χ0) is 34.0. The van der Waals surface area contributed by atoms with Crippen molar-refractivity contribution in [3.05, 3.63) is 20.0 Å². The molecule has 1 radical (unpaired) electrons. The summed E-state index contributed by atoms with van der Waals surface area (Å²) in [6, 6.07) is 0. The molecule has 0 aromatic carbocycles. The first-order valence-electron chi connectivity index (χ1n) is 16.9. The second-order valence-electron chi connectivity index (χ2n) is 11.3. The summed E-state index contributed by atoms with van der Waals surface area (Å²) in [6.07, 6.45) is 22.1. The van der Waals surface area contributed by atoms with Gasteiger partial charge in [0, 0.05) is 48.7 Å². The van der Waals surface area contributed by atoms with E-state index in [-0.39, 0.29) is 37.4 Å². The van der Waals surface area contributed by atoms with Crippen molar-refractivity contribution in [3.8, 4) is 0 Å². The van der Waals surface area contributed by atoms with Gasteiger partial charge >= 0.3 is 33.9 Å². The molecule has 0 aliphatic heterocycles. The van der Waals surface area contributed by atoms with E-state index >= 15 is 0 Å². The first kappa shape index (κ1) is 63.8. The van der Waals surface area contributed by atoms with Crippen LogP contribution >= 0.6 is 28.3 Å². The van der Waals surface area contributed by atoms with Crippen molar-refractivity contribution < 1.29 is 60.3 Å². The molecule has 0 aliphatic rings. The van der Waals surface area contributed by atoms with Gasteiger partial charge < -0.3 is 25.9 Å². The number of hydrogen-bond acceptors (Lipinski definition) is 0. The Balaban J connectivity index is -0.0000000768. The Morgan fingerprint density at radius 2 is 0.432 bits per heavy atom. The quantitative estimate of drug-likeness (QED) is 0.0529. The molecular formula is C35H72Br3N2O3Re+. The molecule has 44 heavy (non-hydrogen) atoms. The van der Waals surface area contributed by atoms with E-state index in [9.17, 15) is 0 Å². The molecule has 0 amide bonds. The molecule has 0 saturated heterocycles. The van der Waals surface area contributed by atoms with E-state index in [2.05, 4.69) is 104 Å². The van der Waals surface area contributed by atoms with Crippen LogP contribution < -0.4 is 17.0 Å². The third-order valence-electron chi connectivity index (χ3n) is 7.89. The van der Waals surface area contributed by atoms with Gasteiger partial charge in [0.25, 0.3) is 0 Å². The van der Waals surface area contributed by atoms with Gasteiger partial charge in [-0.1, -0.05) is 107 Å². The maximum Gasteiger partial charge on any atom is 0 e. The van der Waals surface area contributed by atoms with Gasteiger partial charge in [-0.25, -0.2) is 0 Å². The van der Waals surface area contributed by atoms with E-state index < -0.39 is 0 Å². The van der Waals surface area contributed by atoms with Gasteiger partial charge in [0.2, 0.25) is 0 Å². The minimum absolute atomic E-state index is 0. The number of rotatable bonds is 24. The Labute approximate surface area is 316 Å². The first-order chi connectivity index (χ1) is 20.5. The zero-order valence-electron chi connectivity index (χ0n) is 30.1. The largest absolute Gasteiger partial charge is 0 e. The monoisotopic (exact) mass is 992 g/mol. The molecule has 0 aromatic rings. The van der Waals surface area contributed by atoms with Gasteiger partial charge in [-0.2, -0.15) is 0 Å². The Hall–Kier alpha value is 1.24. The molecule has 0 unspecified atom stereocenters. The molecule has 0 fully saturated rings. The number of quaternary nitrogens is 2. The van der Waals surface area contributed by atoms with Crippen molar-refractivity contribution in [2.24, 2.45) is 0 Å². The van der Waals surface area contributed by atoms with Crippen LogP contribution in [0.5, 0.6) is 0 Å². The average Bonchev–Trinajstić information content (AvgIpc) is 3.07. The Morgan fingerprint density at radius 3 is 0.500 bits per heavy atom. The fourth-order valence-corrected chi connectivity index (χ4v) is 5.29. The van der Waals surface area contributed by atoms with Gasteiger partial charge in [-0.05, 0) is 51.4 Å². The van der Waals surface area contributed by atoms with Gasteiger partial charge in [-0.3, -0.25) is 0 Å². The van der Waals surface area contributed by atoms with E-state index in [0.29, 0.717) is 0 Å². The van der Waals surface area contributed by atoms with Crippen molar-refractivity contribution in [2.45, 2.75) is 158 Å². The standard InChI is InChI=1S/2C16H36N.3CO.Br2.BrH.Re/c2*1-5-9-13-17(14-10-6-2,15-11-7-3)16-12-8-4;4*1-2;;/h2*5-16H2,1-4H3;;;;;1H;/q2*+1;;;;;;/p-1. The first-order valence-corrected chi connectivity index (χ1v) is 20.7. The molecule has 0 saturated carbocycles. The number of hydrogen-bond donors (Lipinski definition) is 0. The van der Waals surface area contributed by atoms with Crippen LogP contribution in [0.15, 0.2) is 0 Å². The van der Waals surface area contributed by atoms with Crippen LogP contribution in [-0.2, 0) is 34.4 Å². The predicted molar refractivity (Wildman–Crippen MR) is 188 cm³/mol. The van der Waals surface area contributed by atoms with Crippen LogP contribution in [0.25, 0.3) is 0 Å². The van der Waals surface area contributed by atoms with Crippen molar-refractivity contribution in [1.29, 1.82) is 0 Å². The van der Waals surface area contributed by atoms with Crippen molar-refractivity contribution >= 4 is 28.3 Å². The maximum absolute atomic E-state index is 7.50. The number of unbranched alkanes of at least 4 members (excludes halogenated alkanes) is 8. The van der Waals surface area contributed by atoms with E-state index in [0.717, 1.165) is 0 Å². The second-order valence-corrected chi connectivity index (χ2v) is 11.3. The van der Waals surface area contributed by atoms with Gasteiger partial charge in [0.1, 0.15) is 0 Å². The average molecular weight is 995 g/mol. The van der Waals surface area contributed by atoms with Crippen LogP contribution in [0.4, 0.5) is 0 Å². The molecule has 5 nitrogen and oxygen atoms in total. The van der Waals surface area contributed by atoms with E-state index in [1.165, 1.54) is 164 Å². The molecule has 0 rings (SSSR count). The minimum Gasteiger partial charge on any atom is 0 e. The summed E-state index contributed by atoms with van der Waals surface area (Å²) >= 11 is 5.50. The maximum atomic E-state index is 7.50. The Kier molecular flexibility index (Phi) is 86.6. The van der Waals surface area contributed by atoms with Crippen molar-refractivity contribution in [3.63, 3.8) is 0 Å². The molecule has 0 spiro atoms. The molecule has 0 aromatic heterocycles. The van der Waals surface area contributed by atoms with E-state index in [4.69, 9.17) is 14.0 Å². The third kappa shape index (κ3) is 45.4. The molecule has 0 N–H and O–H groups in total. The van der Waals surface area contributed by atoms with Crippen LogP contribution in [0.1, 0.15) is 158 Å². The van der Waals surface area contributed by atoms with E-state index in [1.54, 1.807) is 0 Å². The SMILES string of the molecule is BrBr.CCCC[N+](CCCC)(CCCC)CCCC.CCCC[N+](CCCC)(CCCC)CCCC.[Br-].[C-]#[O+].[C-]#[O+].[C-]#[O+].[Re]. The molecule has 9 heteroatoms. The summed E-state index contributed by atoms with van der Waals surface area (Å²) in [4.78, 5) is 0. The minimum atomic E-state index is 0. The molecular weight excluding hydrogens is 922 g/mol. The molecule has 0 bridgehead atoms. The van der Waals surface area contributed by atoms with Crippen molar-refractivity contribution in [1.82, 2.24) is 0 Å². The second kappa shape index (κ2) is 59.6. The number of halogens is 3. The topological polar surface area (TPSA) is 59.7 Å². The predicted octanol–water partition coefficient (Wildman–Crippen LogP) is 8.59. The van der Waals surface area contributed by atoms with Crippen LogP contribution in [0.2, 0.25) is 0 Å². The molecule has 0 heterocycles. The van der Waals surface area contributed by atoms with Crippen LogP contribution in [0, 0.1) is 20.0 Å². The molecule has 267 valence electrons. The van der Waals surface area contributed by atoms with Gasteiger partial charge in [0.05, 0.1) is 52.4 Å². The van der Waals surface area contributed by atoms with Gasteiger partial charge in [0.15, 0.2) is 0 Å². The Bertz CT molecular complexity index is 400. The third-order valence-corrected chi connectivity index (χ3v) is 7.89. The van der Waals surface area contributed by atoms with Crippen LogP contribution in [-0.4, -0.2) is 61.3 Å². The fourth-order valence-electron chi connectivity index (χ4n) is 5.29. The molecule has 0 aliphatic carbocycles.